The van der Waals surface area contributed by atoms with Crippen molar-refractivity contribution in [2.45, 2.75) is 17.6 Å². The molecular formula is C13H12F2N2O2S. The largest absolute Gasteiger partial charge is 0.465 e. The molecule has 0 radical (unpaired) electrons. The van der Waals surface area contributed by atoms with E-state index in [1.165, 1.54) is 17.8 Å². The van der Waals surface area contributed by atoms with Crippen LogP contribution in [0.25, 0.3) is 0 Å². The molecule has 106 valence electrons. The Balaban J connectivity index is 2.07. The number of hydrogen-bond acceptors (Lipinski definition) is 4. The number of nitrogens with one attached hydrogen (secondary N) is 1. The molecule has 2 aromatic rings. The van der Waals surface area contributed by atoms with Crippen LogP contribution in [0.5, 0.6) is 0 Å². The number of furan rings is 1. The number of benzene rings is 1. The highest BCUT2D eigenvalue weighted by atomic mass is 32.2. The van der Waals surface area contributed by atoms with Gasteiger partial charge in [0.2, 0.25) is 0 Å². The normalized spacial score (nSPS) is 10.6. The number of hydrazine groups is 1. The lowest BCUT2D eigenvalue weighted by atomic mass is 10.2. The van der Waals surface area contributed by atoms with E-state index in [1.54, 1.807) is 13.0 Å². The molecule has 0 aliphatic rings. The molecular weight excluding hydrogens is 286 g/mol. The van der Waals surface area contributed by atoms with Crippen LogP contribution in [0.2, 0.25) is 0 Å². The van der Waals surface area contributed by atoms with Crippen molar-refractivity contribution in [1.29, 1.82) is 0 Å². The standard InChI is InChI=1S/C13H12F2N2O2S/c1-7-10(13(18)17-16)4-8(19-7)6-20-9-2-3-11(14)12(15)5-9/h2-5H,6,16H2,1H3,(H,17,18). The number of carbonyl (C=O) groups is 1. The van der Waals surface area contributed by atoms with Gasteiger partial charge in [-0.1, -0.05) is 0 Å². The number of hydrogen-bond donors (Lipinski definition) is 2. The molecule has 2 rings (SSSR count). The van der Waals surface area contributed by atoms with E-state index >= 15 is 0 Å². The van der Waals surface area contributed by atoms with Crippen molar-refractivity contribution in [2.24, 2.45) is 5.84 Å². The van der Waals surface area contributed by atoms with Gasteiger partial charge in [0.1, 0.15) is 11.5 Å². The molecule has 1 heterocycles. The molecule has 0 saturated heterocycles. The Labute approximate surface area is 118 Å². The summed E-state index contributed by atoms with van der Waals surface area (Å²) in [6, 6.07) is 5.23. The minimum absolute atomic E-state index is 0.355. The van der Waals surface area contributed by atoms with E-state index in [1.807, 2.05) is 5.43 Å². The summed E-state index contributed by atoms with van der Waals surface area (Å²) in [7, 11) is 0. The number of nitrogen functional groups attached to an aromatic ring is 1. The highest BCUT2D eigenvalue weighted by Gasteiger charge is 2.14. The van der Waals surface area contributed by atoms with E-state index < -0.39 is 17.5 Å². The maximum Gasteiger partial charge on any atom is 0.268 e. The molecule has 0 fully saturated rings. The van der Waals surface area contributed by atoms with Gasteiger partial charge in [0, 0.05) is 4.90 Å². The Morgan fingerprint density at radius 2 is 2.10 bits per heavy atom. The van der Waals surface area contributed by atoms with Gasteiger partial charge in [-0.25, -0.2) is 14.6 Å². The Hall–Kier alpha value is -1.86. The molecule has 0 unspecified atom stereocenters. The first-order chi connectivity index (χ1) is 9.51. The highest BCUT2D eigenvalue weighted by molar-refractivity contribution is 7.98. The summed E-state index contributed by atoms with van der Waals surface area (Å²) in [5, 5.41) is 0. The van der Waals surface area contributed by atoms with Crippen LogP contribution < -0.4 is 11.3 Å². The number of aryl methyl sites for hydroxylation is 1. The van der Waals surface area contributed by atoms with E-state index in [2.05, 4.69) is 0 Å². The molecule has 7 heteroatoms. The van der Waals surface area contributed by atoms with Crippen molar-refractivity contribution >= 4 is 17.7 Å². The molecule has 20 heavy (non-hydrogen) atoms. The molecule has 0 bridgehead atoms. The Morgan fingerprint density at radius 3 is 2.75 bits per heavy atom. The highest BCUT2D eigenvalue weighted by Crippen LogP contribution is 2.26. The van der Waals surface area contributed by atoms with Gasteiger partial charge in [0.05, 0.1) is 11.3 Å². The van der Waals surface area contributed by atoms with Crippen molar-refractivity contribution < 1.29 is 18.0 Å². The Bertz CT molecular complexity index is 643. The van der Waals surface area contributed by atoms with Crippen LogP contribution in [0.4, 0.5) is 8.78 Å². The minimum atomic E-state index is -0.895. The van der Waals surface area contributed by atoms with Gasteiger partial charge in [-0.15, -0.1) is 11.8 Å². The number of thioether (sulfide) groups is 1. The zero-order valence-electron chi connectivity index (χ0n) is 10.6. The molecule has 0 aliphatic carbocycles. The van der Waals surface area contributed by atoms with Gasteiger partial charge in [-0.3, -0.25) is 10.2 Å². The average molecular weight is 298 g/mol. The molecule has 1 aromatic carbocycles. The maximum absolute atomic E-state index is 13.0. The minimum Gasteiger partial charge on any atom is -0.465 e. The summed E-state index contributed by atoms with van der Waals surface area (Å²) < 4.78 is 31.2. The van der Waals surface area contributed by atoms with Crippen LogP contribution in [-0.4, -0.2) is 5.91 Å². The number of nitrogens with two attached hydrogens (primary N) is 1. The van der Waals surface area contributed by atoms with Crippen molar-refractivity contribution in [1.82, 2.24) is 5.43 Å². The maximum atomic E-state index is 13.0. The monoisotopic (exact) mass is 298 g/mol. The lowest BCUT2D eigenvalue weighted by Gasteiger charge is -2.00. The molecule has 0 atom stereocenters. The number of halogens is 2. The van der Waals surface area contributed by atoms with E-state index in [4.69, 9.17) is 10.3 Å². The first-order valence-corrected chi connectivity index (χ1v) is 6.68. The van der Waals surface area contributed by atoms with Crippen LogP contribution in [0.1, 0.15) is 21.9 Å². The third-order valence-electron chi connectivity index (χ3n) is 2.62. The molecule has 1 aromatic heterocycles. The molecule has 3 N–H and O–H groups in total. The third-order valence-corrected chi connectivity index (χ3v) is 3.63. The first kappa shape index (κ1) is 14.5. The van der Waals surface area contributed by atoms with Crippen molar-refractivity contribution in [3.63, 3.8) is 0 Å². The molecule has 1 amide bonds. The summed E-state index contributed by atoms with van der Waals surface area (Å²) in [4.78, 5) is 12.0. The second kappa shape index (κ2) is 6.06. The predicted molar refractivity (Wildman–Crippen MR) is 71.0 cm³/mol. The average Bonchev–Trinajstić information content (AvgIpc) is 2.80. The Kier molecular flexibility index (Phi) is 4.41. The zero-order chi connectivity index (χ0) is 14.7. The summed E-state index contributed by atoms with van der Waals surface area (Å²) in [5.74, 6) is 4.24. The van der Waals surface area contributed by atoms with Gasteiger partial charge in [0.15, 0.2) is 11.6 Å². The zero-order valence-corrected chi connectivity index (χ0v) is 11.4. The SMILES string of the molecule is Cc1oc(CSc2ccc(F)c(F)c2)cc1C(=O)NN. The summed E-state index contributed by atoms with van der Waals surface area (Å²) in [5.41, 5.74) is 2.38. The number of rotatable bonds is 4. The van der Waals surface area contributed by atoms with Gasteiger partial charge in [-0.05, 0) is 31.2 Å². The van der Waals surface area contributed by atoms with E-state index in [-0.39, 0.29) is 0 Å². The fraction of sp³-hybridized carbons (Fsp3) is 0.154. The second-order valence-electron chi connectivity index (χ2n) is 4.02. The van der Waals surface area contributed by atoms with E-state index in [9.17, 15) is 13.6 Å². The summed E-state index contributed by atoms with van der Waals surface area (Å²) in [6.07, 6.45) is 0. The fourth-order valence-corrected chi connectivity index (χ4v) is 2.44. The number of carbonyl (C=O) groups excluding carboxylic acids is 1. The van der Waals surface area contributed by atoms with Crippen LogP contribution in [-0.2, 0) is 5.75 Å². The van der Waals surface area contributed by atoms with Crippen LogP contribution in [0.3, 0.4) is 0 Å². The van der Waals surface area contributed by atoms with Gasteiger partial charge in [-0.2, -0.15) is 0 Å². The van der Waals surface area contributed by atoms with Gasteiger partial charge >= 0.3 is 0 Å². The Morgan fingerprint density at radius 1 is 1.35 bits per heavy atom. The lowest BCUT2D eigenvalue weighted by Crippen LogP contribution is -2.30. The smallest absolute Gasteiger partial charge is 0.268 e. The molecule has 0 spiro atoms. The second-order valence-corrected chi connectivity index (χ2v) is 5.07. The van der Waals surface area contributed by atoms with Crippen molar-refractivity contribution in [3.8, 4) is 0 Å². The topological polar surface area (TPSA) is 68.3 Å². The molecule has 0 saturated carbocycles. The van der Waals surface area contributed by atoms with E-state index in [0.29, 0.717) is 27.7 Å². The third kappa shape index (κ3) is 3.17. The van der Waals surface area contributed by atoms with Crippen LogP contribution in [0, 0.1) is 18.6 Å². The molecule has 4 nitrogen and oxygen atoms in total. The van der Waals surface area contributed by atoms with Gasteiger partial charge < -0.3 is 4.42 Å². The quantitative estimate of drug-likeness (QED) is 0.394. The molecule has 0 aliphatic heterocycles. The van der Waals surface area contributed by atoms with E-state index in [0.717, 1.165) is 12.1 Å². The summed E-state index contributed by atoms with van der Waals surface area (Å²) in [6.45, 7) is 1.65. The van der Waals surface area contributed by atoms with Crippen molar-refractivity contribution in [2.75, 3.05) is 0 Å². The first-order valence-electron chi connectivity index (χ1n) is 5.69. The lowest BCUT2D eigenvalue weighted by molar-refractivity contribution is 0.0952. The summed E-state index contributed by atoms with van der Waals surface area (Å²) >= 11 is 1.27. The predicted octanol–water partition coefficient (Wildman–Crippen LogP) is 2.76. The number of amides is 1. The van der Waals surface area contributed by atoms with Crippen molar-refractivity contribution in [3.05, 3.63) is 53.0 Å². The van der Waals surface area contributed by atoms with Crippen LogP contribution >= 0.6 is 11.8 Å². The fourth-order valence-electron chi connectivity index (χ4n) is 1.64. The van der Waals surface area contributed by atoms with Gasteiger partial charge in [0.25, 0.3) is 5.91 Å². The van der Waals surface area contributed by atoms with Crippen LogP contribution in [0.15, 0.2) is 33.6 Å².